The Bertz CT molecular complexity index is 904. The Labute approximate surface area is 152 Å². The van der Waals surface area contributed by atoms with Crippen LogP contribution in [0.4, 0.5) is 0 Å². The lowest BCUT2D eigenvalue weighted by Crippen LogP contribution is -2.39. The standard InChI is InChI=1S/C20H22N4O2/c1-26-13-14-6-8-15(9-7-14)20(25)24-11-3-4-16(12-24)18-17-5-2-10-21-19(17)23-22-18/h2,5-10,16H,3-4,11-13H2,1H3,(H,21,22,23). The number of fused-ring (bicyclic) bond motifs is 1. The van der Waals surface area contributed by atoms with Crippen molar-refractivity contribution in [3.05, 3.63) is 59.4 Å². The van der Waals surface area contributed by atoms with E-state index in [2.05, 4.69) is 15.2 Å². The van der Waals surface area contributed by atoms with Crippen LogP contribution in [0.2, 0.25) is 0 Å². The van der Waals surface area contributed by atoms with Crippen molar-refractivity contribution >= 4 is 16.9 Å². The molecule has 1 N–H and O–H groups in total. The Morgan fingerprint density at radius 3 is 2.96 bits per heavy atom. The molecular weight excluding hydrogens is 328 g/mol. The van der Waals surface area contributed by atoms with Crippen molar-refractivity contribution in [3.63, 3.8) is 0 Å². The minimum atomic E-state index is 0.0839. The second-order valence-corrected chi connectivity index (χ2v) is 6.73. The van der Waals surface area contributed by atoms with E-state index in [4.69, 9.17) is 4.74 Å². The summed E-state index contributed by atoms with van der Waals surface area (Å²) < 4.78 is 5.13. The van der Waals surface area contributed by atoms with Gasteiger partial charge < -0.3 is 9.64 Å². The average molecular weight is 350 g/mol. The first-order chi connectivity index (χ1) is 12.8. The summed E-state index contributed by atoms with van der Waals surface area (Å²) in [5, 5.41) is 8.49. The van der Waals surface area contributed by atoms with E-state index in [1.807, 2.05) is 41.3 Å². The fourth-order valence-corrected chi connectivity index (χ4v) is 3.67. The molecular formula is C20H22N4O2. The maximum atomic E-state index is 12.9. The quantitative estimate of drug-likeness (QED) is 0.785. The van der Waals surface area contributed by atoms with E-state index < -0.39 is 0 Å². The number of carbonyl (C=O) groups excluding carboxylic acids is 1. The lowest BCUT2D eigenvalue weighted by molar-refractivity contribution is 0.0706. The Morgan fingerprint density at radius 1 is 1.31 bits per heavy atom. The number of hydrogen-bond donors (Lipinski definition) is 1. The summed E-state index contributed by atoms with van der Waals surface area (Å²) in [6, 6.07) is 11.6. The topological polar surface area (TPSA) is 71.1 Å². The molecule has 1 fully saturated rings. The van der Waals surface area contributed by atoms with Gasteiger partial charge in [0.1, 0.15) is 0 Å². The number of nitrogens with one attached hydrogen (secondary N) is 1. The molecule has 1 unspecified atom stereocenters. The van der Waals surface area contributed by atoms with Crippen LogP contribution in [-0.2, 0) is 11.3 Å². The predicted octanol–water partition coefficient (Wildman–Crippen LogP) is 3.12. The maximum Gasteiger partial charge on any atom is 0.253 e. The molecule has 1 aliphatic rings. The number of nitrogens with zero attached hydrogens (tertiary/aromatic N) is 3. The van der Waals surface area contributed by atoms with E-state index in [0.717, 1.165) is 47.2 Å². The molecule has 1 aromatic carbocycles. The molecule has 0 bridgehead atoms. The summed E-state index contributed by atoms with van der Waals surface area (Å²) in [5.74, 6) is 0.343. The fraction of sp³-hybridized carbons (Fsp3) is 0.350. The van der Waals surface area contributed by atoms with Crippen LogP contribution in [0.3, 0.4) is 0 Å². The predicted molar refractivity (Wildman–Crippen MR) is 98.9 cm³/mol. The largest absolute Gasteiger partial charge is 0.380 e. The van der Waals surface area contributed by atoms with Gasteiger partial charge in [0.05, 0.1) is 6.61 Å². The number of aromatic amines is 1. The summed E-state index contributed by atoms with van der Waals surface area (Å²) in [7, 11) is 1.67. The SMILES string of the molecule is COCc1ccc(C(=O)N2CCCC(c3[nH]nc4ncccc34)C2)cc1. The van der Waals surface area contributed by atoms with E-state index in [1.54, 1.807) is 13.3 Å². The van der Waals surface area contributed by atoms with Crippen LogP contribution in [0.1, 0.15) is 40.4 Å². The summed E-state index contributed by atoms with van der Waals surface area (Å²) in [6.07, 6.45) is 3.78. The number of rotatable bonds is 4. The van der Waals surface area contributed by atoms with E-state index in [-0.39, 0.29) is 11.8 Å². The molecule has 6 heteroatoms. The number of hydrogen-bond acceptors (Lipinski definition) is 4. The molecule has 3 heterocycles. The highest BCUT2D eigenvalue weighted by molar-refractivity contribution is 5.94. The molecule has 0 aliphatic carbocycles. The molecule has 26 heavy (non-hydrogen) atoms. The molecule has 4 rings (SSSR count). The molecule has 1 saturated heterocycles. The minimum absolute atomic E-state index is 0.0839. The monoisotopic (exact) mass is 350 g/mol. The third kappa shape index (κ3) is 3.20. The zero-order valence-electron chi connectivity index (χ0n) is 14.8. The highest BCUT2D eigenvalue weighted by Crippen LogP contribution is 2.30. The van der Waals surface area contributed by atoms with Gasteiger partial charge in [-0.2, -0.15) is 5.10 Å². The van der Waals surface area contributed by atoms with Gasteiger partial charge in [-0.15, -0.1) is 0 Å². The average Bonchev–Trinajstić information content (AvgIpc) is 3.13. The molecule has 1 aliphatic heterocycles. The smallest absolute Gasteiger partial charge is 0.253 e. The van der Waals surface area contributed by atoms with Crippen LogP contribution in [0.15, 0.2) is 42.6 Å². The van der Waals surface area contributed by atoms with Gasteiger partial charge in [-0.1, -0.05) is 12.1 Å². The van der Waals surface area contributed by atoms with Crippen LogP contribution in [0, 0.1) is 0 Å². The van der Waals surface area contributed by atoms with Gasteiger partial charge in [-0.3, -0.25) is 9.89 Å². The lowest BCUT2D eigenvalue weighted by Gasteiger charge is -2.32. The van der Waals surface area contributed by atoms with Crippen molar-refractivity contribution in [1.82, 2.24) is 20.1 Å². The Balaban J connectivity index is 1.52. The highest BCUT2D eigenvalue weighted by atomic mass is 16.5. The number of pyridine rings is 1. The molecule has 134 valence electrons. The van der Waals surface area contributed by atoms with E-state index >= 15 is 0 Å². The number of ether oxygens (including phenoxy) is 1. The molecule has 0 radical (unpaired) electrons. The second-order valence-electron chi connectivity index (χ2n) is 6.73. The zero-order valence-corrected chi connectivity index (χ0v) is 14.8. The van der Waals surface area contributed by atoms with Crippen LogP contribution >= 0.6 is 0 Å². The first-order valence-electron chi connectivity index (χ1n) is 8.92. The summed E-state index contributed by atoms with van der Waals surface area (Å²) in [4.78, 5) is 19.1. The first-order valence-corrected chi connectivity index (χ1v) is 8.92. The van der Waals surface area contributed by atoms with Gasteiger partial charge in [-0.05, 0) is 42.7 Å². The second kappa shape index (κ2) is 7.25. The van der Waals surface area contributed by atoms with E-state index in [1.165, 1.54) is 0 Å². The number of benzene rings is 1. The number of H-pyrrole nitrogens is 1. The number of carbonyl (C=O) groups is 1. The van der Waals surface area contributed by atoms with Crippen LogP contribution in [-0.4, -0.2) is 46.2 Å². The summed E-state index contributed by atoms with van der Waals surface area (Å²) in [6.45, 7) is 2.05. The van der Waals surface area contributed by atoms with Gasteiger partial charge >= 0.3 is 0 Å². The van der Waals surface area contributed by atoms with Crippen molar-refractivity contribution < 1.29 is 9.53 Å². The van der Waals surface area contributed by atoms with Crippen LogP contribution in [0.5, 0.6) is 0 Å². The third-order valence-corrected chi connectivity index (χ3v) is 4.99. The van der Waals surface area contributed by atoms with Crippen molar-refractivity contribution in [3.8, 4) is 0 Å². The van der Waals surface area contributed by atoms with Gasteiger partial charge in [0, 0.05) is 49.0 Å². The van der Waals surface area contributed by atoms with Crippen molar-refractivity contribution in [2.24, 2.45) is 0 Å². The molecule has 1 atom stereocenters. The Hall–Kier alpha value is -2.73. The van der Waals surface area contributed by atoms with Crippen molar-refractivity contribution in [2.75, 3.05) is 20.2 Å². The molecule has 1 amide bonds. The van der Waals surface area contributed by atoms with Gasteiger partial charge in [0.25, 0.3) is 5.91 Å². The van der Waals surface area contributed by atoms with E-state index in [0.29, 0.717) is 13.2 Å². The van der Waals surface area contributed by atoms with Gasteiger partial charge in [0.15, 0.2) is 5.65 Å². The molecule has 0 spiro atoms. The Morgan fingerprint density at radius 2 is 2.15 bits per heavy atom. The van der Waals surface area contributed by atoms with Crippen molar-refractivity contribution in [1.29, 1.82) is 0 Å². The fourth-order valence-electron chi connectivity index (χ4n) is 3.67. The lowest BCUT2D eigenvalue weighted by atomic mass is 9.92. The number of aromatic nitrogens is 3. The van der Waals surface area contributed by atoms with Gasteiger partial charge in [-0.25, -0.2) is 4.98 Å². The van der Waals surface area contributed by atoms with E-state index in [9.17, 15) is 4.79 Å². The highest BCUT2D eigenvalue weighted by Gasteiger charge is 2.27. The molecule has 3 aromatic rings. The maximum absolute atomic E-state index is 12.9. The number of piperidine rings is 1. The number of methoxy groups -OCH3 is 1. The first kappa shape index (κ1) is 16.7. The number of likely N-dealkylation sites (tertiary alicyclic amines) is 1. The minimum Gasteiger partial charge on any atom is -0.380 e. The van der Waals surface area contributed by atoms with Crippen molar-refractivity contribution in [2.45, 2.75) is 25.4 Å². The summed E-state index contributed by atoms with van der Waals surface area (Å²) >= 11 is 0. The normalized spacial score (nSPS) is 17.6. The van der Waals surface area contributed by atoms with Crippen LogP contribution in [0.25, 0.3) is 11.0 Å². The third-order valence-electron chi connectivity index (χ3n) is 4.99. The Kier molecular flexibility index (Phi) is 4.67. The molecule has 2 aromatic heterocycles. The zero-order chi connectivity index (χ0) is 17.9. The number of amides is 1. The molecule has 0 saturated carbocycles. The summed E-state index contributed by atoms with van der Waals surface area (Å²) in [5.41, 5.74) is 3.61. The van der Waals surface area contributed by atoms with Gasteiger partial charge in [0.2, 0.25) is 0 Å². The van der Waals surface area contributed by atoms with Crippen LogP contribution < -0.4 is 0 Å². The molecule has 6 nitrogen and oxygen atoms in total.